The fraction of sp³-hybridized carbons (Fsp3) is 0.647. The van der Waals surface area contributed by atoms with E-state index < -0.39 is 0 Å². The topological polar surface area (TPSA) is 78.1 Å². The van der Waals surface area contributed by atoms with Crippen molar-refractivity contribution in [3.8, 4) is 0 Å². The van der Waals surface area contributed by atoms with Crippen molar-refractivity contribution in [3.05, 3.63) is 29.8 Å². The Balaban J connectivity index is 1.57. The van der Waals surface area contributed by atoms with Crippen LogP contribution in [0, 0.1) is 0 Å². The van der Waals surface area contributed by atoms with Gasteiger partial charge < -0.3 is 4.74 Å². The van der Waals surface area contributed by atoms with Crippen LogP contribution in [0.15, 0.2) is 18.5 Å². The maximum absolute atomic E-state index is 12.2. The average Bonchev–Trinajstić information content (AvgIpc) is 3.22. The Morgan fingerprint density at radius 2 is 2.28 bits per heavy atom. The molecule has 0 aromatic carbocycles. The minimum absolute atomic E-state index is 0.120. The molecular weight excluding hydrogens is 320 g/mol. The van der Waals surface area contributed by atoms with E-state index in [9.17, 15) is 4.79 Å². The summed E-state index contributed by atoms with van der Waals surface area (Å²) in [7, 11) is 1.94. The van der Waals surface area contributed by atoms with E-state index in [1.807, 2.05) is 35.6 Å². The maximum atomic E-state index is 12.2. The molecule has 1 saturated heterocycles. The first-order chi connectivity index (χ1) is 12.2. The number of aromatic nitrogens is 5. The van der Waals surface area contributed by atoms with Crippen molar-refractivity contribution in [2.24, 2.45) is 7.05 Å². The Morgan fingerprint density at radius 1 is 1.40 bits per heavy atom. The molecule has 8 heteroatoms. The minimum Gasteiger partial charge on any atom is -0.465 e. The van der Waals surface area contributed by atoms with Gasteiger partial charge >= 0.3 is 5.97 Å². The molecule has 1 unspecified atom stereocenters. The summed E-state index contributed by atoms with van der Waals surface area (Å²) in [6.45, 7) is 4.56. The molecule has 1 fully saturated rings. The molecule has 2 aromatic rings. The van der Waals surface area contributed by atoms with Crippen LogP contribution in [-0.2, 0) is 36.1 Å². The quantitative estimate of drug-likeness (QED) is 0.701. The van der Waals surface area contributed by atoms with Gasteiger partial charge in [0.05, 0.1) is 12.3 Å². The van der Waals surface area contributed by atoms with Crippen LogP contribution in [0.3, 0.4) is 0 Å². The van der Waals surface area contributed by atoms with Gasteiger partial charge in [0.15, 0.2) is 0 Å². The van der Waals surface area contributed by atoms with Crippen molar-refractivity contribution in [3.63, 3.8) is 0 Å². The zero-order valence-electron chi connectivity index (χ0n) is 15.0. The molecule has 136 valence electrons. The van der Waals surface area contributed by atoms with Crippen molar-refractivity contribution in [1.82, 2.24) is 29.7 Å². The average molecular weight is 346 g/mol. The van der Waals surface area contributed by atoms with E-state index >= 15 is 0 Å². The lowest BCUT2D eigenvalue weighted by molar-refractivity contribution is -0.151. The summed E-state index contributed by atoms with van der Waals surface area (Å²) in [4.78, 5) is 14.3. The normalized spacial score (nSPS) is 18.4. The van der Waals surface area contributed by atoms with Gasteiger partial charge in [0, 0.05) is 44.6 Å². The van der Waals surface area contributed by atoms with Gasteiger partial charge in [-0.25, -0.2) is 0 Å². The molecule has 2 aromatic heterocycles. The highest BCUT2D eigenvalue weighted by molar-refractivity contribution is 5.75. The van der Waals surface area contributed by atoms with E-state index in [4.69, 9.17) is 4.74 Å². The van der Waals surface area contributed by atoms with Crippen LogP contribution < -0.4 is 0 Å². The molecule has 0 spiro atoms. The molecule has 8 nitrogen and oxygen atoms in total. The Labute approximate surface area is 147 Å². The minimum atomic E-state index is -0.159. The Hall–Kier alpha value is -2.22. The number of rotatable bonds is 7. The van der Waals surface area contributed by atoms with E-state index in [1.54, 1.807) is 6.20 Å². The fourth-order valence-electron chi connectivity index (χ4n) is 3.29. The third-order valence-electron chi connectivity index (χ3n) is 4.64. The van der Waals surface area contributed by atoms with Crippen LogP contribution in [0.25, 0.3) is 0 Å². The first-order valence-corrected chi connectivity index (χ1v) is 8.94. The monoisotopic (exact) mass is 346 g/mol. The van der Waals surface area contributed by atoms with Crippen LogP contribution >= 0.6 is 0 Å². The second-order valence-corrected chi connectivity index (χ2v) is 6.40. The third kappa shape index (κ3) is 4.45. The van der Waals surface area contributed by atoms with Crippen molar-refractivity contribution >= 4 is 5.97 Å². The first kappa shape index (κ1) is 17.6. The Bertz CT molecular complexity index is 695. The molecule has 0 N–H and O–H groups in total. The molecule has 3 rings (SSSR count). The van der Waals surface area contributed by atoms with Crippen molar-refractivity contribution in [1.29, 1.82) is 0 Å². The smallest absolute Gasteiger partial charge is 0.323 e. The van der Waals surface area contributed by atoms with Crippen LogP contribution in [-0.4, -0.2) is 54.8 Å². The van der Waals surface area contributed by atoms with Crippen molar-refractivity contribution in [2.45, 2.75) is 51.7 Å². The van der Waals surface area contributed by atoms with Gasteiger partial charge in [0.2, 0.25) is 0 Å². The molecule has 1 aliphatic heterocycles. The largest absolute Gasteiger partial charge is 0.465 e. The number of nitrogens with zero attached hydrogens (tertiary/aromatic N) is 6. The van der Waals surface area contributed by atoms with E-state index in [1.165, 1.54) is 0 Å². The van der Waals surface area contributed by atoms with Gasteiger partial charge in [-0.1, -0.05) is 11.6 Å². The van der Waals surface area contributed by atoms with Crippen LogP contribution in [0.4, 0.5) is 0 Å². The number of likely N-dealkylation sites (tertiary alicyclic amines) is 1. The fourth-order valence-corrected chi connectivity index (χ4v) is 3.29. The number of ether oxygens (including phenoxy) is 1. The van der Waals surface area contributed by atoms with E-state index in [0.717, 1.165) is 50.2 Å². The van der Waals surface area contributed by atoms with E-state index in [2.05, 4.69) is 20.3 Å². The molecule has 0 radical (unpaired) electrons. The van der Waals surface area contributed by atoms with Gasteiger partial charge in [-0.05, 0) is 32.4 Å². The summed E-state index contributed by atoms with van der Waals surface area (Å²) in [6, 6.07) is 1.85. The van der Waals surface area contributed by atoms with Gasteiger partial charge in [0.1, 0.15) is 6.04 Å². The number of hydrogen-bond donors (Lipinski definition) is 0. The number of carbonyl (C=O) groups excluding carboxylic acids is 1. The summed E-state index contributed by atoms with van der Waals surface area (Å²) >= 11 is 0. The number of hydrogen-bond acceptors (Lipinski definition) is 6. The van der Waals surface area contributed by atoms with E-state index in [-0.39, 0.29) is 12.0 Å². The predicted octanol–water partition coefficient (Wildman–Crippen LogP) is 1.17. The summed E-state index contributed by atoms with van der Waals surface area (Å²) in [5, 5.41) is 12.7. The molecule has 0 bridgehead atoms. The molecule has 1 atom stereocenters. The molecule has 3 heterocycles. The molecule has 0 saturated carbocycles. The van der Waals surface area contributed by atoms with Crippen molar-refractivity contribution in [2.75, 3.05) is 13.2 Å². The number of esters is 1. The van der Waals surface area contributed by atoms with Crippen LogP contribution in [0.5, 0.6) is 0 Å². The van der Waals surface area contributed by atoms with Crippen LogP contribution in [0.1, 0.15) is 37.6 Å². The molecule has 0 amide bonds. The number of aryl methyl sites for hydroxylation is 3. The van der Waals surface area contributed by atoms with Crippen molar-refractivity contribution < 1.29 is 9.53 Å². The summed E-state index contributed by atoms with van der Waals surface area (Å²) in [5.41, 5.74) is 2.05. The highest BCUT2D eigenvalue weighted by Gasteiger charge is 2.30. The number of piperidine rings is 1. The molecule has 1 aliphatic rings. The second kappa shape index (κ2) is 8.24. The Morgan fingerprint density at radius 3 is 3.04 bits per heavy atom. The predicted molar refractivity (Wildman–Crippen MR) is 91.6 cm³/mol. The maximum Gasteiger partial charge on any atom is 0.323 e. The summed E-state index contributed by atoms with van der Waals surface area (Å²) in [5.74, 6) is -0.120. The Kier molecular flexibility index (Phi) is 5.80. The number of carbonyl (C=O) groups is 1. The standard InChI is InChI=1S/C17H26N6O2/c1-3-25-17(24)16-6-4-5-10-22(16)12-14-13-23(20-19-14)11-8-15-7-9-18-21(15)2/h7,9,13,16H,3-6,8,10-12H2,1-2H3. The second-order valence-electron chi connectivity index (χ2n) is 6.40. The lowest BCUT2D eigenvalue weighted by Crippen LogP contribution is -2.45. The molecule has 25 heavy (non-hydrogen) atoms. The van der Waals surface area contributed by atoms with Gasteiger partial charge in [-0.3, -0.25) is 19.1 Å². The lowest BCUT2D eigenvalue weighted by Gasteiger charge is -2.33. The lowest BCUT2D eigenvalue weighted by atomic mass is 10.0. The zero-order valence-corrected chi connectivity index (χ0v) is 15.0. The van der Waals surface area contributed by atoms with Gasteiger partial charge in [-0.15, -0.1) is 5.10 Å². The van der Waals surface area contributed by atoms with Gasteiger partial charge in [0.25, 0.3) is 0 Å². The van der Waals surface area contributed by atoms with Crippen LogP contribution in [0.2, 0.25) is 0 Å². The zero-order chi connectivity index (χ0) is 17.6. The van der Waals surface area contributed by atoms with Gasteiger partial charge in [-0.2, -0.15) is 5.10 Å². The van der Waals surface area contributed by atoms with E-state index in [0.29, 0.717) is 13.2 Å². The highest BCUT2D eigenvalue weighted by Crippen LogP contribution is 2.20. The first-order valence-electron chi connectivity index (χ1n) is 8.94. The highest BCUT2D eigenvalue weighted by atomic mass is 16.5. The molecular formula is C17H26N6O2. The third-order valence-corrected chi connectivity index (χ3v) is 4.64. The summed E-state index contributed by atoms with van der Waals surface area (Å²) in [6.07, 6.45) is 7.64. The SMILES string of the molecule is CCOC(=O)C1CCCCN1Cc1cn(CCc2ccnn2C)nn1. The molecule has 0 aliphatic carbocycles. The summed E-state index contributed by atoms with van der Waals surface area (Å²) < 4.78 is 8.94.